The summed E-state index contributed by atoms with van der Waals surface area (Å²) in [4.78, 5) is 11.2. The Morgan fingerprint density at radius 1 is 1.44 bits per heavy atom. The van der Waals surface area contributed by atoms with E-state index in [0.29, 0.717) is 32.0 Å². The van der Waals surface area contributed by atoms with E-state index < -0.39 is 0 Å². The fourth-order valence-electron chi connectivity index (χ4n) is 1.51. The van der Waals surface area contributed by atoms with Crippen molar-refractivity contribution in [3.63, 3.8) is 0 Å². The van der Waals surface area contributed by atoms with E-state index in [9.17, 15) is 9.18 Å². The lowest BCUT2D eigenvalue weighted by molar-refractivity contribution is -0.144. The number of nitrogens with one attached hydrogen (secondary N) is 1. The number of rotatable bonds is 7. The zero-order valence-electron chi connectivity index (χ0n) is 10.9. The summed E-state index contributed by atoms with van der Waals surface area (Å²) in [5.74, 6) is -0.0898. The predicted octanol–water partition coefficient (Wildman–Crippen LogP) is 2.50. The Morgan fingerprint density at radius 2 is 2.22 bits per heavy atom. The molecule has 3 nitrogen and oxygen atoms in total. The lowest BCUT2D eigenvalue weighted by Gasteiger charge is -2.08. The summed E-state index contributed by atoms with van der Waals surface area (Å²) in [5.41, 5.74) is 0.878. The van der Waals surface area contributed by atoms with Crippen molar-refractivity contribution in [1.82, 2.24) is 5.32 Å². The highest BCUT2D eigenvalue weighted by Crippen LogP contribution is 2.03. The van der Waals surface area contributed by atoms with Crippen molar-refractivity contribution in [3.05, 3.63) is 35.6 Å². The third-order valence-corrected chi connectivity index (χ3v) is 2.33. The molecule has 0 aliphatic rings. The van der Waals surface area contributed by atoms with E-state index in [1.807, 2.05) is 19.9 Å². The van der Waals surface area contributed by atoms with Crippen LogP contribution in [0.15, 0.2) is 24.3 Å². The Kier molecular flexibility index (Phi) is 6.36. The predicted molar refractivity (Wildman–Crippen MR) is 68.5 cm³/mol. The lowest BCUT2D eigenvalue weighted by atomic mass is 10.1. The number of benzene rings is 1. The summed E-state index contributed by atoms with van der Waals surface area (Å²) in [7, 11) is 0. The molecule has 0 aliphatic heterocycles. The molecule has 0 saturated heterocycles. The summed E-state index contributed by atoms with van der Waals surface area (Å²) in [6.07, 6.45) is 0.448. The van der Waals surface area contributed by atoms with E-state index in [-0.39, 0.29) is 11.8 Å². The van der Waals surface area contributed by atoms with Gasteiger partial charge in [-0.2, -0.15) is 0 Å². The van der Waals surface area contributed by atoms with Crippen LogP contribution >= 0.6 is 0 Å². The highest BCUT2D eigenvalue weighted by Gasteiger charge is 2.05. The molecule has 0 saturated carbocycles. The largest absolute Gasteiger partial charge is 0.464 e. The first-order valence-electron chi connectivity index (χ1n) is 6.18. The van der Waals surface area contributed by atoms with Crippen LogP contribution in [-0.2, 0) is 16.1 Å². The molecule has 0 spiro atoms. The molecule has 0 amide bonds. The second kappa shape index (κ2) is 7.82. The van der Waals surface area contributed by atoms with Gasteiger partial charge in [0.25, 0.3) is 0 Å². The van der Waals surface area contributed by atoms with Crippen LogP contribution < -0.4 is 5.32 Å². The average Bonchev–Trinajstić information content (AvgIpc) is 2.27. The molecule has 1 aromatic carbocycles. The Morgan fingerprint density at radius 3 is 2.89 bits per heavy atom. The Labute approximate surface area is 107 Å². The monoisotopic (exact) mass is 253 g/mol. The minimum Gasteiger partial charge on any atom is -0.464 e. The van der Waals surface area contributed by atoms with Crippen LogP contribution in [0.5, 0.6) is 0 Å². The molecule has 18 heavy (non-hydrogen) atoms. The minimum absolute atomic E-state index is 0.169. The van der Waals surface area contributed by atoms with Crippen LogP contribution in [0.1, 0.15) is 25.8 Å². The molecular formula is C14H20FNO2. The fraction of sp³-hybridized carbons (Fsp3) is 0.500. The highest BCUT2D eigenvalue weighted by atomic mass is 19.1. The van der Waals surface area contributed by atoms with Gasteiger partial charge in [0, 0.05) is 19.5 Å². The van der Waals surface area contributed by atoms with Gasteiger partial charge in [-0.25, -0.2) is 4.39 Å². The van der Waals surface area contributed by atoms with Gasteiger partial charge >= 0.3 is 5.97 Å². The van der Waals surface area contributed by atoms with Gasteiger partial charge in [-0.3, -0.25) is 4.79 Å². The molecule has 0 atom stereocenters. The van der Waals surface area contributed by atoms with Crippen LogP contribution in [0.3, 0.4) is 0 Å². The van der Waals surface area contributed by atoms with Crippen molar-refractivity contribution in [2.24, 2.45) is 5.92 Å². The van der Waals surface area contributed by atoms with E-state index in [2.05, 4.69) is 5.32 Å². The molecule has 0 bridgehead atoms. The van der Waals surface area contributed by atoms with E-state index in [4.69, 9.17) is 4.74 Å². The molecule has 0 heterocycles. The molecule has 0 unspecified atom stereocenters. The maximum absolute atomic E-state index is 12.9. The first-order chi connectivity index (χ1) is 8.58. The standard InChI is InChI=1S/C14H20FNO2/c1-11(2)8-14(17)18-7-6-16-10-12-4-3-5-13(15)9-12/h3-5,9,11,16H,6-8,10H2,1-2H3. The normalized spacial score (nSPS) is 10.7. The summed E-state index contributed by atoms with van der Waals surface area (Å²) >= 11 is 0. The molecule has 1 N–H and O–H groups in total. The van der Waals surface area contributed by atoms with Crippen molar-refractivity contribution in [1.29, 1.82) is 0 Å². The fourth-order valence-corrected chi connectivity index (χ4v) is 1.51. The van der Waals surface area contributed by atoms with Crippen molar-refractivity contribution in [2.45, 2.75) is 26.8 Å². The topological polar surface area (TPSA) is 38.3 Å². The summed E-state index contributed by atoms with van der Waals surface area (Å²) in [6, 6.07) is 6.42. The van der Waals surface area contributed by atoms with Gasteiger partial charge in [0.1, 0.15) is 12.4 Å². The number of halogens is 1. The second-order valence-corrected chi connectivity index (χ2v) is 4.63. The van der Waals surface area contributed by atoms with E-state index in [1.165, 1.54) is 12.1 Å². The van der Waals surface area contributed by atoms with Gasteiger partial charge in [0.2, 0.25) is 0 Å². The third-order valence-electron chi connectivity index (χ3n) is 2.33. The average molecular weight is 253 g/mol. The van der Waals surface area contributed by atoms with Crippen LogP contribution in [0.4, 0.5) is 4.39 Å². The number of hydrogen-bond donors (Lipinski definition) is 1. The molecule has 0 aliphatic carbocycles. The molecule has 100 valence electrons. The maximum atomic E-state index is 12.9. The molecule has 0 aromatic heterocycles. The highest BCUT2D eigenvalue weighted by molar-refractivity contribution is 5.69. The summed E-state index contributed by atoms with van der Waals surface area (Å²) < 4.78 is 17.9. The summed E-state index contributed by atoms with van der Waals surface area (Å²) in [6.45, 7) is 5.44. The Balaban J connectivity index is 2.10. The Bertz CT molecular complexity index is 380. The van der Waals surface area contributed by atoms with Crippen molar-refractivity contribution in [3.8, 4) is 0 Å². The zero-order chi connectivity index (χ0) is 13.4. The number of esters is 1. The molecule has 0 fully saturated rings. The van der Waals surface area contributed by atoms with E-state index in [1.54, 1.807) is 6.07 Å². The first-order valence-corrected chi connectivity index (χ1v) is 6.18. The first kappa shape index (κ1) is 14.6. The summed E-state index contributed by atoms with van der Waals surface area (Å²) in [5, 5.41) is 3.09. The van der Waals surface area contributed by atoms with Gasteiger partial charge in [0.05, 0.1) is 0 Å². The molecule has 1 rings (SSSR count). The zero-order valence-corrected chi connectivity index (χ0v) is 10.9. The Hall–Kier alpha value is -1.42. The third kappa shape index (κ3) is 6.35. The van der Waals surface area contributed by atoms with E-state index in [0.717, 1.165) is 5.56 Å². The number of ether oxygens (including phenoxy) is 1. The van der Waals surface area contributed by atoms with E-state index >= 15 is 0 Å². The van der Waals surface area contributed by atoms with Crippen LogP contribution in [0.25, 0.3) is 0 Å². The van der Waals surface area contributed by atoms with Crippen LogP contribution in [0.2, 0.25) is 0 Å². The van der Waals surface area contributed by atoms with Crippen LogP contribution in [0, 0.1) is 11.7 Å². The van der Waals surface area contributed by atoms with Crippen molar-refractivity contribution < 1.29 is 13.9 Å². The minimum atomic E-state index is -0.238. The second-order valence-electron chi connectivity index (χ2n) is 4.63. The van der Waals surface area contributed by atoms with Crippen molar-refractivity contribution >= 4 is 5.97 Å². The SMILES string of the molecule is CC(C)CC(=O)OCCNCc1cccc(F)c1. The number of carbonyl (C=O) groups is 1. The molecule has 1 aromatic rings. The van der Waals surface area contributed by atoms with Crippen LogP contribution in [-0.4, -0.2) is 19.1 Å². The number of carbonyl (C=O) groups excluding carboxylic acids is 1. The molecule has 4 heteroatoms. The van der Waals surface area contributed by atoms with Gasteiger partial charge in [-0.1, -0.05) is 26.0 Å². The smallest absolute Gasteiger partial charge is 0.306 e. The van der Waals surface area contributed by atoms with Crippen molar-refractivity contribution in [2.75, 3.05) is 13.2 Å². The van der Waals surface area contributed by atoms with Gasteiger partial charge < -0.3 is 10.1 Å². The van der Waals surface area contributed by atoms with Gasteiger partial charge in [0.15, 0.2) is 0 Å². The van der Waals surface area contributed by atoms with Gasteiger partial charge in [-0.15, -0.1) is 0 Å². The lowest BCUT2D eigenvalue weighted by Crippen LogP contribution is -2.21. The number of hydrogen-bond acceptors (Lipinski definition) is 3. The maximum Gasteiger partial charge on any atom is 0.306 e. The quantitative estimate of drug-likeness (QED) is 0.599. The molecular weight excluding hydrogens is 233 g/mol. The molecule has 0 radical (unpaired) electrons. The van der Waals surface area contributed by atoms with Gasteiger partial charge in [-0.05, 0) is 23.6 Å².